The maximum absolute atomic E-state index is 11.5. The number of aryl methyl sites for hydroxylation is 1. The summed E-state index contributed by atoms with van der Waals surface area (Å²) in [4.78, 5) is 11.5. The molecule has 0 spiro atoms. The largest absolute Gasteiger partial charge is 0.497 e. The number of nitrogens with one attached hydrogen (secondary N) is 1. The van der Waals surface area contributed by atoms with Gasteiger partial charge in [-0.05, 0) is 25.1 Å². The van der Waals surface area contributed by atoms with Gasteiger partial charge in [0.25, 0.3) is 5.91 Å². The highest BCUT2D eigenvalue weighted by atomic mass is 16.5. The highest BCUT2D eigenvalue weighted by molar-refractivity contribution is 5.99. The van der Waals surface area contributed by atoms with Crippen LogP contribution in [0.4, 0.5) is 0 Å². The Balaban J connectivity index is 2.64. The molecule has 1 N–H and O–H groups in total. The molecular formula is C12H13NO3. The van der Waals surface area contributed by atoms with Crippen LogP contribution in [0.2, 0.25) is 0 Å². The average Bonchev–Trinajstić information content (AvgIpc) is 2.65. The van der Waals surface area contributed by atoms with Crippen LogP contribution in [0.5, 0.6) is 5.75 Å². The molecule has 0 bridgehead atoms. The maximum Gasteiger partial charge on any atom is 0.287 e. The lowest BCUT2D eigenvalue weighted by molar-refractivity contribution is 0.0937. The molecule has 1 amide bonds. The van der Waals surface area contributed by atoms with Crippen LogP contribution in [0.15, 0.2) is 22.6 Å². The highest BCUT2D eigenvalue weighted by Gasteiger charge is 2.16. The summed E-state index contributed by atoms with van der Waals surface area (Å²) in [6, 6.07) is 5.47. The van der Waals surface area contributed by atoms with E-state index in [1.54, 1.807) is 26.3 Å². The molecular weight excluding hydrogens is 206 g/mol. The predicted octanol–water partition coefficient (Wildman–Crippen LogP) is 2.11. The van der Waals surface area contributed by atoms with Crippen molar-refractivity contribution >= 4 is 16.9 Å². The Morgan fingerprint density at radius 3 is 2.81 bits per heavy atom. The Kier molecular flexibility index (Phi) is 2.56. The van der Waals surface area contributed by atoms with Crippen molar-refractivity contribution in [1.29, 1.82) is 0 Å². The number of methoxy groups -OCH3 is 1. The van der Waals surface area contributed by atoms with Gasteiger partial charge in [-0.1, -0.05) is 0 Å². The van der Waals surface area contributed by atoms with Crippen LogP contribution < -0.4 is 10.1 Å². The summed E-state index contributed by atoms with van der Waals surface area (Å²) in [5.74, 6) is 0.887. The third-order valence-electron chi connectivity index (χ3n) is 2.58. The van der Waals surface area contributed by atoms with Crippen LogP contribution in [-0.2, 0) is 0 Å². The molecule has 0 aliphatic heterocycles. The second-order valence-electron chi connectivity index (χ2n) is 3.50. The van der Waals surface area contributed by atoms with E-state index in [-0.39, 0.29) is 5.91 Å². The Bertz CT molecular complexity index is 542. The van der Waals surface area contributed by atoms with Crippen molar-refractivity contribution in [2.24, 2.45) is 0 Å². The van der Waals surface area contributed by atoms with Gasteiger partial charge in [0.1, 0.15) is 11.3 Å². The number of ether oxygens (including phenoxy) is 1. The second kappa shape index (κ2) is 3.89. The molecule has 1 aromatic carbocycles. The number of hydrogen-bond donors (Lipinski definition) is 1. The Hall–Kier alpha value is -1.97. The molecule has 4 heteroatoms. The number of carbonyl (C=O) groups excluding carboxylic acids is 1. The lowest BCUT2D eigenvalue weighted by Crippen LogP contribution is -2.17. The second-order valence-corrected chi connectivity index (χ2v) is 3.50. The first-order valence-electron chi connectivity index (χ1n) is 4.96. The Morgan fingerprint density at radius 2 is 2.19 bits per heavy atom. The average molecular weight is 219 g/mol. The van der Waals surface area contributed by atoms with E-state index in [9.17, 15) is 4.79 Å². The number of carbonyl (C=O) groups is 1. The summed E-state index contributed by atoms with van der Waals surface area (Å²) >= 11 is 0. The van der Waals surface area contributed by atoms with Crippen molar-refractivity contribution in [1.82, 2.24) is 5.32 Å². The van der Waals surface area contributed by atoms with E-state index in [1.165, 1.54) is 0 Å². The fourth-order valence-corrected chi connectivity index (χ4v) is 1.66. The molecule has 16 heavy (non-hydrogen) atoms. The molecule has 4 nitrogen and oxygen atoms in total. The van der Waals surface area contributed by atoms with Crippen LogP contribution in [0.25, 0.3) is 11.0 Å². The van der Waals surface area contributed by atoms with E-state index < -0.39 is 0 Å². The van der Waals surface area contributed by atoms with Crippen LogP contribution >= 0.6 is 0 Å². The molecule has 84 valence electrons. The third-order valence-corrected chi connectivity index (χ3v) is 2.58. The molecule has 1 aromatic heterocycles. The summed E-state index contributed by atoms with van der Waals surface area (Å²) in [6.07, 6.45) is 0. The normalized spacial score (nSPS) is 10.4. The number of fused-ring (bicyclic) bond motifs is 1. The van der Waals surface area contributed by atoms with E-state index in [1.807, 2.05) is 13.0 Å². The summed E-state index contributed by atoms with van der Waals surface area (Å²) < 4.78 is 10.6. The number of furan rings is 1. The van der Waals surface area contributed by atoms with Crippen molar-refractivity contribution in [2.45, 2.75) is 6.92 Å². The third kappa shape index (κ3) is 1.52. The van der Waals surface area contributed by atoms with Crippen molar-refractivity contribution in [3.63, 3.8) is 0 Å². The summed E-state index contributed by atoms with van der Waals surface area (Å²) in [7, 11) is 3.19. The first-order valence-corrected chi connectivity index (χ1v) is 4.96. The molecule has 0 radical (unpaired) electrons. The quantitative estimate of drug-likeness (QED) is 0.841. The summed E-state index contributed by atoms with van der Waals surface area (Å²) in [6.45, 7) is 1.86. The zero-order chi connectivity index (χ0) is 11.7. The summed E-state index contributed by atoms with van der Waals surface area (Å²) in [5.41, 5.74) is 1.52. The minimum Gasteiger partial charge on any atom is -0.497 e. The monoisotopic (exact) mass is 219 g/mol. The number of hydrogen-bond acceptors (Lipinski definition) is 3. The Morgan fingerprint density at radius 1 is 1.44 bits per heavy atom. The van der Waals surface area contributed by atoms with Gasteiger partial charge in [-0.15, -0.1) is 0 Å². The van der Waals surface area contributed by atoms with Gasteiger partial charge in [-0.3, -0.25) is 4.79 Å². The van der Waals surface area contributed by atoms with E-state index in [2.05, 4.69) is 5.32 Å². The molecule has 2 aromatic rings. The van der Waals surface area contributed by atoms with Crippen molar-refractivity contribution in [2.75, 3.05) is 14.2 Å². The van der Waals surface area contributed by atoms with Gasteiger partial charge in [0.2, 0.25) is 0 Å². The van der Waals surface area contributed by atoms with Crippen molar-refractivity contribution < 1.29 is 13.9 Å². The number of rotatable bonds is 2. The van der Waals surface area contributed by atoms with Gasteiger partial charge in [-0.25, -0.2) is 0 Å². The predicted molar refractivity (Wildman–Crippen MR) is 60.9 cm³/mol. The van der Waals surface area contributed by atoms with E-state index in [4.69, 9.17) is 9.15 Å². The van der Waals surface area contributed by atoms with Gasteiger partial charge >= 0.3 is 0 Å². The SMILES string of the molecule is CNC(=O)c1oc2ccc(OC)cc2c1C. The lowest BCUT2D eigenvalue weighted by Gasteiger charge is -1.97. The zero-order valence-electron chi connectivity index (χ0n) is 9.46. The number of benzene rings is 1. The van der Waals surface area contributed by atoms with Crippen LogP contribution in [0.1, 0.15) is 16.1 Å². The molecule has 1 heterocycles. The molecule has 0 saturated carbocycles. The molecule has 0 aliphatic carbocycles. The lowest BCUT2D eigenvalue weighted by atomic mass is 10.1. The van der Waals surface area contributed by atoms with Crippen molar-refractivity contribution in [3.05, 3.63) is 29.5 Å². The first kappa shape index (κ1) is 10.5. The smallest absolute Gasteiger partial charge is 0.287 e. The molecule has 0 saturated heterocycles. The Labute approximate surface area is 93.2 Å². The highest BCUT2D eigenvalue weighted by Crippen LogP contribution is 2.28. The van der Waals surface area contributed by atoms with Gasteiger partial charge in [-0.2, -0.15) is 0 Å². The van der Waals surface area contributed by atoms with Gasteiger partial charge < -0.3 is 14.5 Å². The van der Waals surface area contributed by atoms with Crippen LogP contribution in [0.3, 0.4) is 0 Å². The molecule has 0 fully saturated rings. The topological polar surface area (TPSA) is 51.5 Å². The van der Waals surface area contributed by atoms with Gasteiger partial charge in [0.05, 0.1) is 7.11 Å². The van der Waals surface area contributed by atoms with E-state index in [0.717, 1.165) is 16.7 Å². The summed E-state index contributed by atoms with van der Waals surface area (Å²) in [5, 5.41) is 3.45. The van der Waals surface area contributed by atoms with E-state index in [0.29, 0.717) is 11.3 Å². The maximum atomic E-state index is 11.5. The molecule has 0 unspecified atom stereocenters. The van der Waals surface area contributed by atoms with E-state index >= 15 is 0 Å². The van der Waals surface area contributed by atoms with Crippen LogP contribution in [-0.4, -0.2) is 20.1 Å². The fraction of sp³-hybridized carbons (Fsp3) is 0.250. The van der Waals surface area contributed by atoms with Gasteiger partial charge in [0.15, 0.2) is 5.76 Å². The molecule has 0 aliphatic rings. The molecule has 2 rings (SSSR count). The minimum absolute atomic E-state index is 0.215. The first-order chi connectivity index (χ1) is 7.67. The van der Waals surface area contributed by atoms with Gasteiger partial charge in [0, 0.05) is 18.0 Å². The fourth-order valence-electron chi connectivity index (χ4n) is 1.66. The minimum atomic E-state index is -0.215. The van der Waals surface area contributed by atoms with Crippen LogP contribution in [0, 0.1) is 6.92 Å². The van der Waals surface area contributed by atoms with Crippen molar-refractivity contribution in [3.8, 4) is 5.75 Å². The number of amides is 1. The molecule has 0 atom stereocenters. The zero-order valence-corrected chi connectivity index (χ0v) is 9.46. The standard InChI is InChI=1S/C12H13NO3/c1-7-9-6-8(15-3)4-5-10(9)16-11(7)12(14)13-2/h4-6H,1-3H3,(H,13,14).